The fourth-order valence-electron chi connectivity index (χ4n) is 0.544. The molecule has 0 atom stereocenters. The smallest absolute Gasteiger partial charge is 0.278 e. The second kappa shape index (κ2) is 6.29. The number of benzene rings is 1. The van der Waals surface area contributed by atoms with Gasteiger partial charge in [0.25, 0.3) is 3.79 Å². The Bertz CT molecular complexity index is 429. The first-order valence-corrected chi connectivity index (χ1v) is 4.81. The largest absolute Gasteiger partial charge is 0.460 e. The van der Waals surface area contributed by atoms with Gasteiger partial charge in [0.05, 0.1) is 0 Å². The molecular weight excluding hydrogens is 391 g/mol. The van der Waals surface area contributed by atoms with E-state index in [0.717, 1.165) is 0 Å². The van der Waals surface area contributed by atoms with Crippen LogP contribution in [0.1, 0.15) is 0 Å². The average molecular weight is 392 g/mol. The number of alkyl halides is 3. The first-order valence-electron chi connectivity index (χ1n) is 3.73. The number of rotatable bonds is 0. The van der Waals surface area contributed by atoms with Gasteiger partial charge in [0.15, 0.2) is 23.3 Å². The highest BCUT2D eigenvalue weighted by Crippen LogP contribution is 2.19. The van der Waals surface area contributed by atoms with Crippen molar-refractivity contribution in [2.45, 2.75) is 6.18 Å². The Balaban J connectivity index is 0.000000360. The third-order valence-corrected chi connectivity index (χ3v) is 1.89. The second-order valence-electron chi connectivity index (χ2n) is 2.55. The van der Waals surface area contributed by atoms with Gasteiger partial charge < -0.3 is 0 Å². The highest BCUT2D eigenvalue weighted by atomic mass is 127. The lowest BCUT2D eigenvalue weighted by molar-refractivity contribution is -0.158. The summed E-state index contributed by atoms with van der Waals surface area (Å²) in [5, 5.41) is 0. The van der Waals surface area contributed by atoms with Crippen molar-refractivity contribution in [3.8, 4) is 0 Å². The van der Waals surface area contributed by atoms with E-state index in [4.69, 9.17) is 0 Å². The second-order valence-corrected chi connectivity index (χ2v) is 3.53. The van der Waals surface area contributed by atoms with Gasteiger partial charge in [-0.1, -0.05) is 0 Å². The highest BCUT2D eigenvalue weighted by molar-refractivity contribution is 14.1. The number of carbonyl (C=O) groups is 1. The Kier molecular flexibility index (Phi) is 5.96. The Hall–Kier alpha value is -0.940. The molecule has 0 N–H and O–H groups in total. The van der Waals surface area contributed by atoms with Crippen LogP contribution in [0.25, 0.3) is 0 Å². The van der Waals surface area contributed by atoms with Crippen molar-refractivity contribution in [2.75, 3.05) is 0 Å². The van der Waals surface area contributed by atoms with Gasteiger partial charge in [0.2, 0.25) is 5.82 Å². The molecule has 0 saturated carbocycles. The standard InChI is InChI=1S/C6HF5.C2F3IO/c7-2-1-3(8)5(10)6(11)4(2)9;3-2(4,5)1(6)7/h1H;. The molecule has 0 aliphatic carbocycles. The fourth-order valence-corrected chi connectivity index (χ4v) is 0.544. The Labute approximate surface area is 108 Å². The molecule has 0 radical (unpaired) electrons. The Morgan fingerprint density at radius 2 is 1.17 bits per heavy atom. The number of hydrogen-bond donors (Lipinski definition) is 0. The normalized spacial score (nSPS) is 10.7. The molecule has 0 aliphatic heterocycles. The van der Waals surface area contributed by atoms with Crippen LogP contribution in [-0.4, -0.2) is 9.97 Å². The zero-order valence-electron chi connectivity index (χ0n) is 7.89. The molecule has 0 unspecified atom stereocenters. The van der Waals surface area contributed by atoms with E-state index in [9.17, 15) is 39.9 Å². The maximum absolute atomic E-state index is 12.0. The van der Waals surface area contributed by atoms with E-state index in [2.05, 4.69) is 0 Å². The van der Waals surface area contributed by atoms with E-state index >= 15 is 0 Å². The van der Waals surface area contributed by atoms with Crippen LogP contribution in [0.3, 0.4) is 0 Å². The van der Waals surface area contributed by atoms with Crippen molar-refractivity contribution in [3.63, 3.8) is 0 Å². The Morgan fingerprint density at radius 3 is 1.39 bits per heavy atom. The van der Waals surface area contributed by atoms with Crippen LogP contribution in [0.15, 0.2) is 6.07 Å². The molecular formula is C8HF8IO. The summed E-state index contributed by atoms with van der Waals surface area (Å²) in [5.41, 5.74) is 0. The van der Waals surface area contributed by atoms with Crippen molar-refractivity contribution in [3.05, 3.63) is 35.2 Å². The first kappa shape index (κ1) is 17.1. The van der Waals surface area contributed by atoms with Crippen LogP contribution in [0.5, 0.6) is 0 Å². The van der Waals surface area contributed by atoms with Gasteiger partial charge >= 0.3 is 6.18 Å². The van der Waals surface area contributed by atoms with Crippen LogP contribution >= 0.6 is 22.6 Å². The van der Waals surface area contributed by atoms with E-state index in [-0.39, 0.29) is 6.07 Å². The predicted octanol–water partition coefficient (Wildman–Crippen LogP) is 3.89. The summed E-state index contributed by atoms with van der Waals surface area (Å²) in [6.07, 6.45) is -4.65. The van der Waals surface area contributed by atoms with E-state index in [0.29, 0.717) is 22.6 Å². The van der Waals surface area contributed by atoms with Gasteiger partial charge in [-0.2, -0.15) is 13.2 Å². The van der Waals surface area contributed by atoms with Gasteiger partial charge in [-0.05, 0) is 0 Å². The molecule has 1 nitrogen and oxygen atoms in total. The summed E-state index contributed by atoms with van der Waals surface area (Å²) in [6, 6.07) is -0.0618. The summed E-state index contributed by atoms with van der Waals surface area (Å²) < 4.78 is 90.7. The average Bonchev–Trinajstić information content (AvgIpc) is 2.23. The van der Waals surface area contributed by atoms with Crippen LogP contribution < -0.4 is 0 Å². The van der Waals surface area contributed by atoms with Gasteiger partial charge in [-0.15, -0.1) is 0 Å². The molecule has 0 aliphatic rings. The molecule has 1 aromatic rings. The minimum absolute atomic E-state index is 0.0618. The molecule has 0 spiro atoms. The van der Waals surface area contributed by atoms with Crippen molar-refractivity contribution in [2.24, 2.45) is 0 Å². The predicted molar refractivity (Wildman–Crippen MR) is 51.3 cm³/mol. The van der Waals surface area contributed by atoms with Crippen LogP contribution in [0, 0.1) is 29.1 Å². The maximum atomic E-state index is 12.0. The molecule has 0 heterocycles. The summed E-state index contributed by atoms with van der Waals surface area (Å²) in [4.78, 5) is 9.33. The van der Waals surface area contributed by atoms with Gasteiger partial charge in [-0.25, -0.2) is 22.0 Å². The van der Waals surface area contributed by atoms with E-state index in [1.54, 1.807) is 0 Å². The summed E-state index contributed by atoms with van der Waals surface area (Å²) in [5.74, 6) is -9.65. The molecule has 10 heteroatoms. The summed E-state index contributed by atoms with van der Waals surface area (Å²) >= 11 is 0.685. The molecule has 1 rings (SSSR count). The van der Waals surface area contributed by atoms with Crippen LogP contribution in [-0.2, 0) is 4.79 Å². The number of halogens is 9. The highest BCUT2D eigenvalue weighted by Gasteiger charge is 2.35. The zero-order valence-corrected chi connectivity index (χ0v) is 10.0. The Morgan fingerprint density at radius 1 is 0.889 bits per heavy atom. The van der Waals surface area contributed by atoms with E-state index in [1.165, 1.54) is 0 Å². The quantitative estimate of drug-likeness (QED) is 0.215. The molecule has 0 aromatic heterocycles. The van der Waals surface area contributed by atoms with Gasteiger partial charge in [0, 0.05) is 28.7 Å². The molecule has 0 fully saturated rings. The first-order chi connectivity index (χ1) is 7.98. The molecule has 0 amide bonds. The van der Waals surface area contributed by atoms with Crippen molar-refractivity contribution in [1.29, 1.82) is 0 Å². The minimum atomic E-state index is -4.65. The third kappa shape index (κ3) is 4.74. The van der Waals surface area contributed by atoms with Crippen LogP contribution in [0.2, 0.25) is 0 Å². The van der Waals surface area contributed by atoms with Crippen LogP contribution in [0.4, 0.5) is 35.1 Å². The lowest BCUT2D eigenvalue weighted by atomic mass is 10.3. The molecule has 1 aromatic carbocycles. The van der Waals surface area contributed by atoms with E-state index < -0.39 is 39.1 Å². The lowest BCUT2D eigenvalue weighted by Gasteiger charge is -1.96. The lowest BCUT2D eigenvalue weighted by Crippen LogP contribution is -2.15. The molecule has 0 saturated heterocycles. The molecule has 102 valence electrons. The zero-order chi connectivity index (χ0) is 14.7. The fraction of sp³-hybridized carbons (Fsp3) is 0.125. The van der Waals surface area contributed by atoms with Crippen molar-refractivity contribution >= 4 is 26.4 Å². The van der Waals surface area contributed by atoms with Gasteiger partial charge in [-0.3, -0.25) is 4.79 Å². The maximum Gasteiger partial charge on any atom is 0.460 e. The van der Waals surface area contributed by atoms with Crippen molar-refractivity contribution < 1.29 is 39.9 Å². The SMILES string of the molecule is Fc1cc(F)c(F)c(F)c1F.O=C(I)C(F)(F)F. The number of hydrogen-bond acceptors (Lipinski definition) is 1. The molecule has 0 bridgehead atoms. The van der Waals surface area contributed by atoms with Gasteiger partial charge in [0.1, 0.15) is 0 Å². The summed E-state index contributed by atoms with van der Waals surface area (Å²) in [7, 11) is 0. The monoisotopic (exact) mass is 392 g/mol. The van der Waals surface area contributed by atoms with E-state index in [1.807, 2.05) is 0 Å². The third-order valence-electron chi connectivity index (χ3n) is 1.28. The van der Waals surface area contributed by atoms with Crippen molar-refractivity contribution in [1.82, 2.24) is 0 Å². The topological polar surface area (TPSA) is 17.1 Å². The summed E-state index contributed by atoms with van der Waals surface area (Å²) in [6.45, 7) is 0. The minimum Gasteiger partial charge on any atom is -0.278 e. The molecule has 18 heavy (non-hydrogen) atoms. The number of carbonyl (C=O) groups excluding carboxylic acids is 1.